The van der Waals surface area contributed by atoms with Gasteiger partial charge in [0.1, 0.15) is 5.75 Å². The van der Waals surface area contributed by atoms with E-state index in [2.05, 4.69) is 20.5 Å². The van der Waals surface area contributed by atoms with Gasteiger partial charge in [-0.15, -0.1) is 0 Å². The van der Waals surface area contributed by atoms with Crippen LogP contribution >= 0.6 is 0 Å². The lowest BCUT2D eigenvalue weighted by molar-refractivity contribution is -0.139. The molecule has 0 amide bonds. The van der Waals surface area contributed by atoms with Crippen LogP contribution in [0.15, 0.2) is 35.4 Å². The predicted molar refractivity (Wildman–Crippen MR) is 86.9 cm³/mol. The lowest BCUT2D eigenvalue weighted by atomic mass is 10.1. The molecule has 1 aromatic carbocycles. The first-order valence-electron chi connectivity index (χ1n) is 7.01. The first kappa shape index (κ1) is 16.4. The van der Waals surface area contributed by atoms with Gasteiger partial charge in [0.15, 0.2) is 6.61 Å². The summed E-state index contributed by atoms with van der Waals surface area (Å²) in [5.74, 6) is -0.114. The molecule has 0 fully saturated rings. The lowest BCUT2D eigenvalue weighted by Crippen LogP contribution is -2.10. The second kappa shape index (κ2) is 7.35. The van der Waals surface area contributed by atoms with E-state index in [9.17, 15) is 4.79 Å². The fraction of sp³-hybridized carbons (Fsp3) is 0.250. The molecule has 0 aliphatic heterocycles. The number of hydrazone groups is 1. The maximum atomic E-state index is 10.5. The van der Waals surface area contributed by atoms with Gasteiger partial charge in [0.25, 0.3) is 0 Å². The molecule has 1 aromatic heterocycles. The van der Waals surface area contributed by atoms with Crippen LogP contribution < -0.4 is 10.2 Å². The van der Waals surface area contributed by atoms with Crippen molar-refractivity contribution in [1.29, 1.82) is 0 Å². The molecule has 2 rings (SSSR count). The molecular weight excluding hydrogens is 296 g/mol. The van der Waals surface area contributed by atoms with E-state index in [0.29, 0.717) is 17.4 Å². The van der Waals surface area contributed by atoms with Gasteiger partial charge in [-0.05, 0) is 39.0 Å². The molecular formula is C16H18N4O3. The number of anilines is 1. The highest BCUT2D eigenvalue weighted by molar-refractivity contribution is 5.99. The predicted octanol–water partition coefficient (Wildman–Crippen LogP) is 2.39. The molecule has 120 valence electrons. The van der Waals surface area contributed by atoms with E-state index in [1.165, 1.54) is 0 Å². The van der Waals surface area contributed by atoms with Gasteiger partial charge in [0, 0.05) is 17.0 Å². The molecule has 0 spiro atoms. The van der Waals surface area contributed by atoms with Crippen LogP contribution in [-0.4, -0.2) is 33.4 Å². The number of carboxylic acid groups (broad SMARTS) is 1. The maximum absolute atomic E-state index is 10.5. The van der Waals surface area contributed by atoms with Gasteiger partial charge in [-0.3, -0.25) is 0 Å². The monoisotopic (exact) mass is 314 g/mol. The van der Waals surface area contributed by atoms with Crippen LogP contribution in [-0.2, 0) is 4.79 Å². The SMILES string of the molecule is C/C(=N/Nc1nc(C)cc(C)n1)c1cccc(OCC(=O)O)c1. The Morgan fingerprint density at radius 3 is 2.61 bits per heavy atom. The first-order valence-corrected chi connectivity index (χ1v) is 7.01. The third kappa shape index (κ3) is 5.06. The summed E-state index contributed by atoms with van der Waals surface area (Å²) < 4.78 is 5.15. The Balaban J connectivity index is 2.11. The molecule has 0 aliphatic rings. The topological polar surface area (TPSA) is 96.7 Å². The van der Waals surface area contributed by atoms with Crippen LogP contribution in [0.3, 0.4) is 0 Å². The van der Waals surface area contributed by atoms with Crippen molar-refractivity contribution < 1.29 is 14.6 Å². The molecule has 2 N–H and O–H groups in total. The van der Waals surface area contributed by atoms with Crippen molar-refractivity contribution in [2.75, 3.05) is 12.0 Å². The van der Waals surface area contributed by atoms with Crippen LogP contribution in [0.25, 0.3) is 0 Å². The van der Waals surface area contributed by atoms with Crippen molar-refractivity contribution in [2.45, 2.75) is 20.8 Å². The quantitative estimate of drug-likeness (QED) is 0.628. The van der Waals surface area contributed by atoms with Crippen molar-refractivity contribution in [3.63, 3.8) is 0 Å². The fourth-order valence-electron chi connectivity index (χ4n) is 1.93. The average molecular weight is 314 g/mol. The smallest absolute Gasteiger partial charge is 0.341 e. The van der Waals surface area contributed by atoms with Gasteiger partial charge in [0.05, 0.1) is 5.71 Å². The number of carbonyl (C=O) groups is 1. The van der Waals surface area contributed by atoms with Crippen LogP contribution in [0.2, 0.25) is 0 Å². The molecule has 1 heterocycles. The molecule has 2 aromatic rings. The number of aliphatic carboxylic acids is 1. The maximum Gasteiger partial charge on any atom is 0.341 e. The van der Waals surface area contributed by atoms with Crippen LogP contribution in [0, 0.1) is 13.8 Å². The molecule has 7 heteroatoms. The summed E-state index contributed by atoms with van der Waals surface area (Å²) >= 11 is 0. The molecule has 0 aliphatic carbocycles. The van der Waals surface area contributed by atoms with Gasteiger partial charge in [-0.1, -0.05) is 12.1 Å². The van der Waals surface area contributed by atoms with Crippen molar-refractivity contribution in [3.8, 4) is 5.75 Å². The molecule has 7 nitrogen and oxygen atoms in total. The summed E-state index contributed by atoms with van der Waals surface area (Å²) in [5.41, 5.74) is 6.05. The fourth-order valence-corrected chi connectivity index (χ4v) is 1.93. The normalized spacial score (nSPS) is 11.2. The Hall–Kier alpha value is -2.96. The zero-order valence-corrected chi connectivity index (χ0v) is 13.2. The minimum atomic E-state index is -1.02. The minimum absolute atomic E-state index is 0.381. The molecule has 0 atom stereocenters. The summed E-state index contributed by atoms with van der Waals surface area (Å²) in [6, 6.07) is 8.94. The molecule has 0 saturated heterocycles. The molecule has 0 bridgehead atoms. The minimum Gasteiger partial charge on any atom is -0.482 e. The Morgan fingerprint density at radius 1 is 1.26 bits per heavy atom. The van der Waals surface area contributed by atoms with Gasteiger partial charge in [-0.2, -0.15) is 5.10 Å². The number of aryl methyl sites for hydroxylation is 2. The number of carboxylic acids is 1. The highest BCUT2D eigenvalue weighted by Gasteiger charge is 2.04. The average Bonchev–Trinajstić information content (AvgIpc) is 2.50. The number of aromatic nitrogens is 2. The van der Waals surface area contributed by atoms with E-state index in [-0.39, 0.29) is 6.61 Å². The number of benzene rings is 1. The Morgan fingerprint density at radius 2 is 1.96 bits per heavy atom. The number of hydrogen-bond donors (Lipinski definition) is 2. The molecule has 0 unspecified atom stereocenters. The van der Waals surface area contributed by atoms with Crippen LogP contribution in [0.4, 0.5) is 5.95 Å². The first-order chi connectivity index (χ1) is 10.9. The zero-order chi connectivity index (χ0) is 16.8. The molecule has 0 radical (unpaired) electrons. The summed E-state index contributed by atoms with van der Waals surface area (Å²) in [6.07, 6.45) is 0. The van der Waals surface area contributed by atoms with E-state index in [0.717, 1.165) is 17.0 Å². The molecule has 0 saturated carbocycles. The van der Waals surface area contributed by atoms with Gasteiger partial charge in [0.2, 0.25) is 5.95 Å². The third-order valence-electron chi connectivity index (χ3n) is 2.92. The Labute approximate surface area is 134 Å². The number of ether oxygens (including phenoxy) is 1. The number of nitrogens with one attached hydrogen (secondary N) is 1. The van der Waals surface area contributed by atoms with Gasteiger partial charge in [-0.25, -0.2) is 20.2 Å². The Kier molecular flexibility index (Phi) is 5.24. The summed E-state index contributed by atoms with van der Waals surface area (Å²) in [4.78, 5) is 19.0. The zero-order valence-electron chi connectivity index (χ0n) is 13.2. The van der Waals surface area contributed by atoms with E-state index >= 15 is 0 Å². The van der Waals surface area contributed by atoms with E-state index in [1.54, 1.807) is 18.2 Å². The molecule has 23 heavy (non-hydrogen) atoms. The lowest BCUT2D eigenvalue weighted by Gasteiger charge is -2.07. The second-order valence-electron chi connectivity index (χ2n) is 4.99. The van der Waals surface area contributed by atoms with Crippen molar-refractivity contribution >= 4 is 17.6 Å². The number of nitrogens with zero attached hydrogens (tertiary/aromatic N) is 3. The summed E-state index contributed by atoms with van der Waals surface area (Å²) in [6.45, 7) is 5.22. The van der Waals surface area contributed by atoms with Crippen molar-refractivity contribution in [3.05, 3.63) is 47.3 Å². The summed E-state index contributed by atoms with van der Waals surface area (Å²) in [5, 5.41) is 12.9. The van der Waals surface area contributed by atoms with E-state index in [4.69, 9.17) is 9.84 Å². The van der Waals surface area contributed by atoms with Gasteiger partial charge < -0.3 is 9.84 Å². The van der Waals surface area contributed by atoms with Crippen LogP contribution in [0.5, 0.6) is 5.75 Å². The van der Waals surface area contributed by atoms with Crippen molar-refractivity contribution in [2.24, 2.45) is 5.10 Å². The van der Waals surface area contributed by atoms with Crippen molar-refractivity contribution in [1.82, 2.24) is 9.97 Å². The third-order valence-corrected chi connectivity index (χ3v) is 2.92. The highest BCUT2D eigenvalue weighted by Crippen LogP contribution is 2.14. The van der Waals surface area contributed by atoms with Crippen LogP contribution in [0.1, 0.15) is 23.9 Å². The number of hydrogen-bond acceptors (Lipinski definition) is 6. The number of rotatable bonds is 6. The second-order valence-corrected chi connectivity index (χ2v) is 4.99. The van der Waals surface area contributed by atoms with Gasteiger partial charge >= 0.3 is 5.97 Å². The van der Waals surface area contributed by atoms with E-state index < -0.39 is 5.97 Å². The highest BCUT2D eigenvalue weighted by atomic mass is 16.5. The van der Waals surface area contributed by atoms with E-state index in [1.807, 2.05) is 32.9 Å². The standard InChI is InChI=1S/C16H18N4O3/c1-10-7-11(2)18-16(17-10)20-19-12(3)13-5-4-6-14(8-13)23-9-15(21)22/h4-8H,9H2,1-3H3,(H,21,22)(H,17,18,20)/b19-12-. The Bertz CT molecular complexity index is 724. The largest absolute Gasteiger partial charge is 0.482 e. The summed E-state index contributed by atoms with van der Waals surface area (Å²) in [7, 11) is 0.